The molecule has 2 rings (SSSR count). The molecule has 0 fully saturated rings. The van der Waals surface area contributed by atoms with Crippen molar-refractivity contribution in [3.63, 3.8) is 0 Å². The van der Waals surface area contributed by atoms with Gasteiger partial charge in [-0.1, -0.05) is 6.92 Å². The molecule has 2 aromatic heterocycles. The zero-order valence-corrected chi connectivity index (χ0v) is 8.69. The van der Waals surface area contributed by atoms with Crippen molar-refractivity contribution in [2.75, 3.05) is 0 Å². The van der Waals surface area contributed by atoms with Gasteiger partial charge in [0.2, 0.25) is 0 Å². The minimum atomic E-state index is -0.127. The molecule has 0 unspecified atom stereocenters. The second-order valence-corrected chi connectivity index (χ2v) is 3.28. The highest BCUT2D eigenvalue weighted by Gasteiger charge is 2.06. The molecule has 5 heteroatoms. The van der Waals surface area contributed by atoms with Crippen LogP contribution < -0.4 is 5.56 Å². The first-order valence-corrected chi connectivity index (χ1v) is 4.79. The third-order valence-corrected chi connectivity index (χ3v) is 2.22. The van der Waals surface area contributed by atoms with E-state index in [1.54, 1.807) is 10.9 Å². The van der Waals surface area contributed by atoms with Gasteiger partial charge in [-0.25, -0.2) is 4.98 Å². The van der Waals surface area contributed by atoms with Gasteiger partial charge in [0.05, 0.1) is 0 Å². The molecule has 0 saturated carbocycles. The third-order valence-electron chi connectivity index (χ3n) is 2.22. The smallest absolute Gasteiger partial charge is 0.251 e. The summed E-state index contributed by atoms with van der Waals surface area (Å²) in [6.45, 7) is 1.97. The van der Waals surface area contributed by atoms with E-state index < -0.39 is 0 Å². The first-order valence-electron chi connectivity index (χ1n) is 4.79. The molecule has 2 aromatic rings. The Kier molecular flexibility index (Phi) is 2.37. The Morgan fingerprint density at radius 3 is 2.93 bits per heavy atom. The van der Waals surface area contributed by atoms with Gasteiger partial charge in [0.25, 0.3) is 5.56 Å². The van der Waals surface area contributed by atoms with Crippen LogP contribution in [0.4, 0.5) is 0 Å². The number of rotatable bonds is 2. The van der Waals surface area contributed by atoms with Gasteiger partial charge < -0.3 is 4.98 Å². The Hall–Kier alpha value is -1.91. The number of H-pyrrole nitrogens is 1. The molecule has 0 saturated heterocycles. The van der Waals surface area contributed by atoms with Crippen LogP contribution in [0.1, 0.15) is 12.6 Å². The van der Waals surface area contributed by atoms with E-state index in [4.69, 9.17) is 0 Å². The molecule has 0 aliphatic rings. The molecule has 0 aliphatic heterocycles. The quantitative estimate of drug-likeness (QED) is 0.784. The molecular weight excluding hydrogens is 192 g/mol. The fourth-order valence-electron chi connectivity index (χ4n) is 1.42. The Bertz CT molecular complexity index is 526. The second-order valence-electron chi connectivity index (χ2n) is 3.28. The molecule has 0 bridgehead atoms. The maximum absolute atomic E-state index is 11.4. The molecule has 0 aliphatic carbocycles. The summed E-state index contributed by atoms with van der Waals surface area (Å²) in [4.78, 5) is 18.4. The molecule has 78 valence electrons. The average Bonchev–Trinajstić information content (AvgIpc) is 2.63. The Labute approximate surface area is 86.8 Å². The lowest BCUT2D eigenvalue weighted by molar-refractivity contribution is 0.767. The van der Waals surface area contributed by atoms with Crippen LogP contribution in [0.25, 0.3) is 11.5 Å². The fourth-order valence-corrected chi connectivity index (χ4v) is 1.42. The van der Waals surface area contributed by atoms with Crippen molar-refractivity contribution >= 4 is 0 Å². The number of hydrogen-bond donors (Lipinski definition) is 1. The van der Waals surface area contributed by atoms with Gasteiger partial charge in [-0.3, -0.25) is 9.48 Å². The number of nitrogens with one attached hydrogen (secondary N) is 1. The van der Waals surface area contributed by atoms with Gasteiger partial charge in [0.15, 0.2) is 5.82 Å². The van der Waals surface area contributed by atoms with Crippen molar-refractivity contribution < 1.29 is 0 Å². The summed E-state index contributed by atoms with van der Waals surface area (Å²) < 4.78 is 1.68. The first-order chi connectivity index (χ1) is 7.20. The summed E-state index contributed by atoms with van der Waals surface area (Å²) in [5.74, 6) is 0.569. The van der Waals surface area contributed by atoms with E-state index in [1.807, 2.05) is 20.0 Å². The zero-order valence-electron chi connectivity index (χ0n) is 8.69. The van der Waals surface area contributed by atoms with Crippen LogP contribution in [0.15, 0.2) is 23.1 Å². The fraction of sp³-hybridized carbons (Fsp3) is 0.300. The molecule has 0 amide bonds. The molecule has 0 atom stereocenters. The predicted molar refractivity (Wildman–Crippen MR) is 56.4 cm³/mol. The van der Waals surface area contributed by atoms with Crippen LogP contribution >= 0.6 is 0 Å². The van der Waals surface area contributed by atoms with Gasteiger partial charge in [-0.2, -0.15) is 5.10 Å². The van der Waals surface area contributed by atoms with Crippen molar-refractivity contribution in [1.29, 1.82) is 0 Å². The van der Waals surface area contributed by atoms with Crippen molar-refractivity contribution in [2.45, 2.75) is 13.3 Å². The van der Waals surface area contributed by atoms with Crippen LogP contribution in [-0.4, -0.2) is 19.7 Å². The first kappa shape index (κ1) is 9.64. The van der Waals surface area contributed by atoms with Gasteiger partial charge in [0, 0.05) is 25.0 Å². The lowest BCUT2D eigenvalue weighted by Gasteiger charge is -2.02. The van der Waals surface area contributed by atoms with Crippen LogP contribution in [0.5, 0.6) is 0 Å². The molecule has 0 aromatic carbocycles. The lowest BCUT2D eigenvalue weighted by atomic mass is 10.3. The number of hydrogen-bond acceptors (Lipinski definition) is 3. The minimum absolute atomic E-state index is 0.127. The standard InChI is InChI=1S/C10H12N4O/c1-3-7-6-9(15)13-10(12-7)8-4-5-11-14(8)2/h4-6H,3H2,1-2H3,(H,12,13,15). The van der Waals surface area contributed by atoms with E-state index in [0.29, 0.717) is 5.82 Å². The van der Waals surface area contributed by atoms with Gasteiger partial charge in [0.1, 0.15) is 5.69 Å². The maximum atomic E-state index is 11.4. The highest BCUT2D eigenvalue weighted by Crippen LogP contribution is 2.11. The number of nitrogens with zero attached hydrogens (tertiary/aromatic N) is 3. The van der Waals surface area contributed by atoms with Crippen molar-refractivity contribution in [3.05, 3.63) is 34.4 Å². The summed E-state index contributed by atoms with van der Waals surface area (Å²) >= 11 is 0. The van der Waals surface area contributed by atoms with E-state index >= 15 is 0 Å². The molecular formula is C10H12N4O. The summed E-state index contributed by atoms with van der Waals surface area (Å²) in [7, 11) is 1.81. The van der Waals surface area contributed by atoms with Crippen LogP contribution in [0.3, 0.4) is 0 Å². The van der Waals surface area contributed by atoms with Crippen LogP contribution in [0, 0.1) is 0 Å². The number of aryl methyl sites for hydroxylation is 2. The van der Waals surface area contributed by atoms with E-state index in [0.717, 1.165) is 17.8 Å². The average molecular weight is 204 g/mol. The van der Waals surface area contributed by atoms with E-state index in [2.05, 4.69) is 15.1 Å². The summed E-state index contributed by atoms with van der Waals surface area (Å²) in [6.07, 6.45) is 2.42. The van der Waals surface area contributed by atoms with E-state index in [-0.39, 0.29) is 5.56 Å². The van der Waals surface area contributed by atoms with Crippen molar-refractivity contribution in [3.8, 4) is 11.5 Å². The summed E-state index contributed by atoms with van der Waals surface area (Å²) in [6, 6.07) is 3.33. The molecule has 0 radical (unpaired) electrons. The van der Waals surface area contributed by atoms with Gasteiger partial charge >= 0.3 is 0 Å². The monoisotopic (exact) mass is 204 g/mol. The highest BCUT2D eigenvalue weighted by molar-refractivity contribution is 5.48. The highest BCUT2D eigenvalue weighted by atomic mass is 16.1. The SMILES string of the molecule is CCc1cc(=O)[nH]c(-c2ccnn2C)n1. The molecule has 5 nitrogen and oxygen atoms in total. The van der Waals surface area contributed by atoms with Gasteiger partial charge in [-0.05, 0) is 12.5 Å². The van der Waals surface area contributed by atoms with Crippen LogP contribution in [-0.2, 0) is 13.5 Å². The Morgan fingerprint density at radius 2 is 2.33 bits per heavy atom. The molecule has 1 N–H and O–H groups in total. The Balaban J connectivity index is 2.58. The van der Waals surface area contributed by atoms with Gasteiger partial charge in [-0.15, -0.1) is 0 Å². The normalized spacial score (nSPS) is 10.5. The van der Waals surface area contributed by atoms with Crippen molar-refractivity contribution in [1.82, 2.24) is 19.7 Å². The van der Waals surface area contributed by atoms with E-state index in [9.17, 15) is 4.79 Å². The summed E-state index contributed by atoms with van der Waals surface area (Å²) in [5, 5.41) is 4.03. The van der Waals surface area contributed by atoms with E-state index in [1.165, 1.54) is 6.07 Å². The van der Waals surface area contributed by atoms with Crippen LogP contribution in [0.2, 0.25) is 0 Å². The zero-order chi connectivity index (χ0) is 10.8. The molecule has 15 heavy (non-hydrogen) atoms. The lowest BCUT2D eigenvalue weighted by Crippen LogP contribution is -2.11. The molecule has 0 spiro atoms. The largest absolute Gasteiger partial charge is 0.305 e. The second kappa shape index (κ2) is 3.68. The Morgan fingerprint density at radius 1 is 1.53 bits per heavy atom. The maximum Gasteiger partial charge on any atom is 0.251 e. The number of aromatic amines is 1. The van der Waals surface area contributed by atoms with Crippen molar-refractivity contribution in [2.24, 2.45) is 7.05 Å². The summed E-state index contributed by atoms with van der Waals surface area (Å²) in [5.41, 5.74) is 1.47. The predicted octanol–water partition coefficient (Wildman–Crippen LogP) is 0.733. The third kappa shape index (κ3) is 1.81. The minimum Gasteiger partial charge on any atom is -0.305 e. The number of aromatic nitrogens is 4. The topological polar surface area (TPSA) is 63.6 Å². The molecule has 2 heterocycles.